The van der Waals surface area contributed by atoms with E-state index in [9.17, 15) is 0 Å². The van der Waals surface area contributed by atoms with Crippen molar-refractivity contribution in [3.05, 3.63) is 39.5 Å². The normalized spacial score (nSPS) is 10.5. The summed E-state index contributed by atoms with van der Waals surface area (Å²) in [6.07, 6.45) is 2.15. The molecule has 0 aliphatic heterocycles. The molecule has 0 atom stereocenters. The first-order valence-corrected chi connectivity index (χ1v) is 7.82. The van der Waals surface area contributed by atoms with Gasteiger partial charge in [-0.3, -0.25) is 0 Å². The van der Waals surface area contributed by atoms with E-state index in [1.165, 1.54) is 0 Å². The molecule has 0 unspecified atom stereocenters. The number of hydrogen-bond donors (Lipinski definition) is 0. The molecule has 2 aromatic rings. The Morgan fingerprint density at radius 2 is 1.58 bits per heavy atom. The SMILES string of the molecule is COc1cc(C)c(Cc2c(OC)ncc(Cl)c2C)c(OC)c1OC. The summed E-state index contributed by atoms with van der Waals surface area (Å²) in [6.45, 7) is 3.95. The maximum absolute atomic E-state index is 6.23. The lowest BCUT2D eigenvalue weighted by Crippen LogP contribution is -2.05. The van der Waals surface area contributed by atoms with Gasteiger partial charge in [-0.2, -0.15) is 0 Å². The highest BCUT2D eigenvalue weighted by atomic mass is 35.5. The first kappa shape index (κ1) is 18.2. The third-order valence-corrected chi connectivity index (χ3v) is 4.45. The Labute approximate surface area is 147 Å². The van der Waals surface area contributed by atoms with Crippen molar-refractivity contribution >= 4 is 11.6 Å². The zero-order valence-corrected chi connectivity index (χ0v) is 15.6. The van der Waals surface area contributed by atoms with Crippen LogP contribution < -0.4 is 18.9 Å². The summed E-state index contributed by atoms with van der Waals surface area (Å²) in [5.41, 5.74) is 3.84. The van der Waals surface area contributed by atoms with E-state index in [-0.39, 0.29) is 0 Å². The molecule has 130 valence electrons. The van der Waals surface area contributed by atoms with E-state index in [2.05, 4.69) is 4.98 Å². The van der Waals surface area contributed by atoms with Crippen LogP contribution in [-0.2, 0) is 6.42 Å². The molecule has 2 rings (SSSR count). The van der Waals surface area contributed by atoms with Gasteiger partial charge in [-0.15, -0.1) is 0 Å². The van der Waals surface area contributed by atoms with E-state index >= 15 is 0 Å². The molecule has 1 aromatic heterocycles. The van der Waals surface area contributed by atoms with Crippen molar-refractivity contribution in [1.82, 2.24) is 4.98 Å². The lowest BCUT2D eigenvalue weighted by molar-refractivity contribution is 0.322. The van der Waals surface area contributed by atoms with Crippen LogP contribution in [0.3, 0.4) is 0 Å². The van der Waals surface area contributed by atoms with Crippen LogP contribution in [0.2, 0.25) is 5.02 Å². The number of halogens is 1. The number of rotatable bonds is 6. The molecule has 0 amide bonds. The summed E-state index contributed by atoms with van der Waals surface area (Å²) in [5.74, 6) is 2.37. The van der Waals surface area contributed by atoms with Crippen molar-refractivity contribution in [2.45, 2.75) is 20.3 Å². The van der Waals surface area contributed by atoms with Crippen LogP contribution >= 0.6 is 11.6 Å². The van der Waals surface area contributed by atoms with Crippen LogP contribution in [0.5, 0.6) is 23.1 Å². The van der Waals surface area contributed by atoms with Crippen LogP contribution in [0.25, 0.3) is 0 Å². The lowest BCUT2D eigenvalue weighted by atomic mass is 9.96. The Bertz CT molecular complexity index is 747. The Hall–Kier alpha value is -2.14. The second-order valence-electron chi connectivity index (χ2n) is 5.34. The number of nitrogens with zero attached hydrogens (tertiary/aromatic N) is 1. The largest absolute Gasteiger partial charge is 0.493 e. The van der Waals surface area contributed by atoms with Gasteiger partial charge in [0, 0.05) is 23.7 Å². The molecule has 1 aromatic carbocycles. The van der Waals surface area contributed by atoms with E-state index in [1.54, 1.807) is 34.6 Å². The fraction of sp³-hybridized carbons (Fsp3) is 0.389. The summed E-state index contributed by atoms with van der Waals surface area (Å²) in [4.78, 5) is 4.26. The van der Waals surface area contributed by atoms with Gasteiger partial charge < -0.3 is 18.9 Å². The van der Waals surface area contributed by atoms with Gasteiger partial charge in [0.2, 0.25) is 11.6 Å². The van der Waals surface area contributed by atoms with Crippen LogP contribution in [-0.4, -0.2) is 33.4 Å². The Kier molecular flexibility index (Phi) is 5.78. The minimum Gasteiger partial charge on any atom is -0.493 e. The molecule has 0 bridgehead atoms. The smallest absolute Gasteiger partial charge is 0.216 e. The van der Waals surface area contributed by atoms with Crippen molar-refractivity contribution in [1.29, 1.82) is 0 Å². The van der Waals surface area contributed by atoms with Gasteiger partial charge >= 0.3 is 0 Å². The molecule has 6 heteroatoms. The first-order chi connectivity index (χ1) is 11.5. The number of pyridine rings is 1. The van der Waals surface area contributed by atoms with E-state index in [0.29, 0.717) is 34.6 Å². The molecule has 0 fully saturated rings. The van der Waals surface area contributed by atoms with Crippen molar-refractivity contribution in [3.8, 4) is 23.1 Å². The number of aryl methyl sites for hydroxylation is 1. The molecular weight excluding hydrogens is 330 g/mol. The number of hydrogen-bond acceptors (Lipinski definition) is 5. The Morgan fingerprint density at radius 1 is 0.917 bits per heavy atom. The third kappa shape index (κ3) is 3.22. The van der Waals surface area contributed by atoms with Gasteiger partial charge in [-0.25, -0.2) is 4.98 Å². The number of ether oxygens (including phenoxy) is 4. The standard InChI is InChI=1S/C18H22ClNO4/c1-10-7-15(21-3)17(23-5)16(22-4)12(10)8-13-11(2)14(19)9-20-18(13)24-6/h7,9H,8H2,1-6H3. The highest BCUT2D eigenvalue weighted by Gasteiger charge is 2.21. The number of benzene rings is 1. The van der Waals surface area contributed by atoms with E-state index in [1.807, 2.05) is 19.9 Å². The molecule has 0 saturated heterocycles. The fourth-order valence-electron chi connectivity index (χ4n) is 2.71. The third-order valence-electron chi connectivity index (χ3n) is 4.07. The maximum atomic E-state index is 6.23. The van der Waals surface area contributed by atoms with E-state index in [0.717, 1.165) is 22.3 Å². The van der Waals surface area contributed by atoms with Gasteiger partial charge in [-0.05, 0) is 31.0 Å². The molecule has 0 radical (unpaired) electrons. The molecular formula is C18H22ClNO4. The number of methoxy groups -OCH3 is 4. The zero-order valence-electron chi connectivity index (χ0n) is 14.8. The molecule has 1 heterocycles. The molecule has 0 aliphatic carbocycles. The van der Waals surface area contributed by atoms with Crippen molar-refractivity contribution < 1.29 is 18.9 Å². The van der Waals surface area contributed by atoms with Crippen LogP contribution in [0.15, 0.2) is 12.3 Å². The Morgan fingerprint density at radius 3 is 2.12 bits per heavy atom. The average Bonchev–Trinajstić information content (AvgIpc) is 2.59. The summed E-state index contributed by atoms with van der Waals surface area (Å²) < 4.78 is 21.9. The minimum absolute atomic E-state index is 0.549. The molecule has 0 N–H and O–H groups in total. The van der Waals surface area contributed by atoms with Crippen LogP contribution in [0.1, 0.15) is 22.3 Å². The van der Waals surface area contributed by atoms with Gasteiger partial charge in [0.1, 0.15) is 0 Å². The average molecular weight is 352 g/mol. The highest BCUT2D eigenvalue weighted by molar-refractivity contribution is 6.31. The van der Waals surface area contributed by atoms with Gasteiger partial charge in [0.15, 0.2) is 11.5 Å². The predicted molar refractivity (Wildman–Crippen MR) is 94.2 cm³/mol. The highest BCUT2D eigenvalue weighted by Crippen LogP contribution is 2.43. The van der Waals surface area contributed by atoms with Crippen molar-refractivity contribution in [2.75, 3.05) is 28.4 Å². The summed E-state index contributed by atoms with van der Waals surface area (Å²) in [7, 11) is 6.40. The second-order valence-corrected chi connectivity index (χ2v) is 5.74. The quantitative estimate of drug-likeness (QED) is 0.788. The fourth-order valence-corrected chi connectivity index (χ4v) is 2.88. The molecule has 5 nitrogen and oxygen atoms in total. The molecule has 0 spiro atoms. The van der Waals surface area contributed by atoms with Crippen molar-refractivity contribution in [2.24, 2.45) is 0 Å². The lowest BCUT2D eigenvalue weighted by Gasteiger charge is -2.19. The number of aromatic nitrogens is 1. The van der Waals surface area contributed by atoms with E-state index in [4.69, 9.17) is 30.5 Å². The monoisotopic (exact) mass is 351 g/mol. The summed E-state index contributed by atoms with van der Waals surface area (Å²) >= 11 is 6.23. The zero-order chi connectivity index (χ0) is 17.9. The second kappa shape index (κ2) is 7.62. The van der Waals surface area contributed by atoms with Crippen LogP contribution in [0.4, 0.5) is 0 Å². The predicted octanol–water partition coefficient (Wildman–Crippen LogP) is 3.98. The Balaban J connectivity index is 2.65. The van der Waals surface area contributed by atoms with E-state index < -0.39 is 0 Å². The van der Waals surface area contributed by atoms with Crippen molar-refractivity contribution in [3.63, 3.8) is 0 Å². The van der Waals surface area contributed by atoms with Crippen LogP contribution in [0, 0.1) is 13.8 Å². The molecule has 24 heavy (non-hydrogen) atoms. The maximum Gasteiger partial charge on any atom is 0.216 e. The van der Waals surface area contributed by atoms with Gasteiger partial charge in [-0.1, -0.05) is 11.6 Å². The van der Waals surface area contributed by atoms with Gasteiger partial charge in [0.25, 0.3) is 0 Å². The summed E-state index contributed by atoms with van der Waals surface area (Å²) in [5, 5.41) is 0.600. The minimum atomic E-state index is 0.549. The summed E-state index contributed by atoms with van der Waals surface area (Å²) in [6, 6.07) is 1.93. The first-order valence-electron chi connectivity index (χ1n) is 7.44. The molecule has 0 saturated carbocycles. The topological polar surface area (TPSA) is 49.8 Å². The molecule has 0 aliphatic rings. The van der Waals surface area contributed by atoms with Gasteiger partial charge in [0.05, 0.1) is 33.5 Å².